The zero-order valence-electron chi connectivity index (χ0n) is 10.6. The highest BCUT2D eigenvalue weighted by Gasteiger charge is 2.01. The highest BCUT2D eigenvalue weighted by Crippen LogP contribution is 2.17. The molecular formula is C15H14N2OS. The molecule has 96 valence electrons. The maximum Gasteiger partial charge on any atom is 0.175 e. The second kappa shape index (κ2) is 4.90. The molecule has 0 radical (unpaired) electrons. The zero-order valence-corrected chi connectivity index (χ0v) is 11.4. The summed E-state index contributed by atoms with van der Waals surface area (Å²) in [4.78, 5) is 6.25. The Morgan fingerprint density at radius 2 is 1.63 bits per heavy atom. The normalized spacial score (nSPS) is 10.8. The highest BCUT2D eigenvalue weighted by atomic mass is 32.1. The summed E-state index contributed by atoms with van der Waals surface area (Å²) in [5.74, 6) is 0.883. The Hall–Kier alpha value is -2.07. The molecule has 1 aromatic heterocycles. The molecule has 3 aromatic rings. The molecule has 19 heavy (non-hydrogen) atoms. The van der Waals surface area contributed by atoms with Gasteiger partial charge < -0.3 is 14.7 Å². The van der Waals surface area contributed by atoms with Crippen molar-refractivity contribution >= 4 is 23.3 Å². The Morgan fingerprint density at radius 3 is 2.37 bits per heavy atom. The van der Waals surface area contributed by atoms with Crippen molar-refractivity contribution in [3.05, 3.63) is 58.4 Å². The van der Waals surface area contributed by atoms with Gasteiger partial charge in [0.1, 0.15) is 5.75 Å². The van der Waals surface area contributed by atoms with Crippen LogP contribution in [0.4, 0.5) is 0 Å². The number of fused-ring (bicyclic) bond motifs is 1. The van der Waals surface area contributed by atoms with Crippen LogP contribution in [-0.4, -0.2) is 17.1 Å². The number of methoxy groups -OCH3 is 1. The number of hydrogen-bond donors (Lipinski definition) is 2. The van der Waals surface area contributed by atoms with Gasteiger partial charge in [-0.05, 0) is 54.0 Å². The molecular weight excluding hydrogens is 256 g/mol. The molecule has 0 aliphatic carbocycles. The van der Waals surface area contributed by atoms with Gasteiger partial charge >= 0.3 is 0 Å². The SMILES string of the molecule is COc1ccc(Cc2ccc3[nH]c(=S)[nH]c3c2)cc1. The third kappa shape index (κ3) is 2.53. The van der Waals surface area contributed by atoms with Crippen molar-refractivity contribution in [2.45, 2.75) is 6.42 Å². The molecule has 3 rings (SSSR count). The van der Waals surface area contributed by atoms with Gasteiger partial charge in [0.05, 0.1) is 18.1 Å². The van der Waals surface area contributed by atoms with Crippen molar-refractivity contribution in [2.24, 2.45) is 0 Å². The zero-order chi connectivity index (χ0) is 13.2. The molecule has 3 nitrogen and oxygen atoms in total. The van der Waals surface area contributed by atoms with Gasteiger partial charge in [0.2, 0.25) is 0 Å². The van der Waals surface area contributed by atoms with E-state index in [2.05, 4.69) is 40.3 Å². The molecule has 0 saturated heterocycles. The molecule has 0 saturated carbocycles. The Bertz CT molecular complexity index is 756. The van der Waals surface area contributed by atoms with E-state index in [1.807, 2.05) is 12.1 Å². The van der Waals surface area contributed by atoms with Gasteiger partial charge in [-0.1, -0.05) is 18.2 Å². The van der Waals surface area contributed by atoms with Crippen LogP contribution >= 0.6 is 12.2 Å². The Kier molecular flexibility index (Phi) is 3.09. The minimum atomic E-state index is 0.664. The van der Waals surface area contributed by atoms with Crippen molar-refractivity contribution < 1.29 is 4.74 Å². The number of imidazole rings is 1. The van der Waals surface area contributed by atoms with Crippen LogP contribution in [0, 0.1) is 4.77 Å². The molecule has 4 heteroatoms. The predicted molar refractivity (Wildman–Crippen MR) is 79.3 cm³/mol. The van der Waals surface area contributed by atoms with E-state index in [1.54, 1.807) is 7.11 Å². The van der Waals surface area contributed by atoms with E-state index in [0.717, 1.165) is 23.2 Å². The first-order valence-electron chi connectivity index (χ1n) is 6.08. The number of benzene rings is 2. The summed E-state index contributed by atoms with van der Waals surface area (Å²) in [6.07, 6.45) is 0.895. The molecule has 0 aliphatic rings. The molecule has 0 bridgehead atoms. The molecule has 2 aromatic carbocycles. The number of hydrogen-bond acceptors (Lipinski definition) is 2. The minimum absolute atomic E-state index is 0.664. The topological polar surface area (TPSA) is 40.8 Å². The Labute approximate surface area is 116 Å². The fourth-order valence-electron chi connectivity index (χ4n) is 2.17. The maximum atomic E-state index is 5.16. The third-order valence-corrected chi connectivity index (χ3v) is 3.35. The van der Waals surface area contributed by atoms with Crippen molar-refractivity contribution in [3.8, 4) is 5.75 Å². The van der Waals surface area contributed by atoms with Crippen LogP contribution in [-0.2, 0) is 6.42 Å². The quantitative estimate of drug-likeness (QED) is 0.710. The van der Waals surface area contributed by atoms with E-state index < -0.39 is 0 Å². The van der Waals surface area contributed by atoms with E-state index >= 15 is 0 Å². The molecule has 0 aliphatic heterocycles. The number of nitrogens with one attached hydrogen (secondary N) is 2. The minimum Gasteiger partial charge on any atom is -0.497 e. The average Bonchev–Trinajstić information content (AvgIpc) is 2.79. The van der Waals surface area contributed by atoms with E-state index in [4.69, 9.17) is 17.0 Å². The fourth-order valence-corrected chi connectivity index (χ4v) is 2.39. The lowest BCUT2D eigenvalue weighted by molar-refractivity contribution is 0.414. The lowest BCUT2D eigenvalue weighted by Gasteiger charge is -2.04. The molecule has 0 atom stereocenters. The standard InChI is InChI=1S/C15H14N2OS/c1-18-12-5-2-10(3-6-12)8-11-4-7-13-14(9-11)17-15(19)16-13/h2-7,9H,8H2,1H3,(H2,16,17,19). The first-order chi connectivity index (χ1) is 9.24. The van der Waals surface area contributed by atoms with E-state index in [-0.39, 0.29) is 0 Å². The number of aromatic amines is 2. The van der Waals surface area contributed by atoms with Gasteiger partial charge in [-0.15, -0.1) is 0 Å². The van der Waals surface area contributed by atoms with Crippen LogP contribution in [0.5, 0.6) is 5.75 Å². The van der Waals surface area contributed by atoms with E-state index in [0.29, 0.717) is 4.77 Å². The molecule has 0 fully saturated rings. The van der Waals surface area contributed by atoms with Gasteiger partial charge in [0.25, 0.3) is 0 Å². The van der Waals surface area contributed by atoms with Crippen LogP contribution in [0.15, 0.2) is 42.5 Å². The van der Waals surface area contributed by atoms with Crippen LogP contribution in [0.2, 0.25) is 0 Å². The number of ether oxygens (including phenoxy) is 1. The summed E-state index contributed by atoms with van der Waals surface area (Å²) in [7, 11) is 1.68. The van der Waals surface area contributed by atoms with Gasteiger partial charge in [-0.3, -0.25) is 0 Å². The summed E-state index contributed by atoms with van der Waals surface area (Å²) in [5, 5.41) is 0. The van der Waals surface area contributed by atoms with Gasteiger partial charge in [-0.2, -0.15) is 0 Å². The Balaban J connectivity index is 1.89. The predicted octanol–water partition coefficient (Wildman–Crippen LogP) is 3.82. The smallest absolute Gasteiger partial charge is 0.175 e. The van der Waals surface area contributed by atoms with E-state index in [1.165, 1.54) is 11.1 Å². The van der Waals surface area contributed by atoms with Gasteiger partial charge in [0.15, 0.2) is 4.77 Å². The molecule has 0 spiro atoms. The molecule has 0 unspecified atom stereocenters. The van der Waals surface area contributed by atoms with Crippen molar-refractivity contribution in [1.29, 1.82) is 0 Å². The molecule has 0 amide bonds. The highest BCUT2D eigenvalue weighted by molar-refractivity contribution is 7.71. The third-order valence-electron chi connectivity index (χ3n) is 3.15. The largest absolute Gasteiger partial charge is 0.497 e. The van der Waals surface area contributed by atoms with Crippen LogP contribution in [0.25, 0.3) is 11.0 Å². The number of aromatic nitrogens is 2. The second-order valence-electron chi connectivity index (χ2n) is 4.48. The summed E-state index contributed by atoms with van der Waals surface area (Å²) in [6.45, 7) is 0. The lowest BCUT2D eigenvalue weighted by atomic mass is 10.0. The van der Waals surface area contributed by atoms with Crippen molar-refractivity contribution in [1.82, 2.24) is 9.97 Å². The van der Waals surface area contributed by atoms with Gasteiger partial charge in [-0.25, -0.2) is 0 Å². The monoisotopic (exact) mass is 270 g/mol. The molecule has 2 N–H and O–H groups in total. The maximum absolute atomic E-state index is 5.16. The average molecular weight is 270 g/mol. The van der Waals surface area contributed by atoms with Crippen molar-refractivity contribution in [2.75, 3.05) is 7.11 Å². The summed E-state index contributed by atoms with van der Waals surface area (Å²) >= 11 is 5.09. The first-order valence-corrected chi connectivity index (χ1v) is 6.49. The van der Waals surface area contributed by atoms with E-state index in [9.17, 15) is 0 Å². The lowest BCUT2D eigenvalue weighted by Crippen LogP contribution is -1.89. The summed E-state index contributed by atoms with van der Waals surface area (Å²) in [5.41, 5.74) is 4.61. The summed E-state index contributed by atoms with van der Waals surface area (Å²) < 4.78 is 5.82. The first kappa shape index (κ1) is 12.0. The van der Waals surface area contributed by atoms with Gasteiger partial charge in [0, 0.05) is 0 Å². The number of H-pyrrole nitrogens is 2. The molecule has 1 heterocycles. The number of rotatable bonds is 3. The van der Waals surface area contributed by atoms with Crippen LogP contribution in [0.1, 0.15) is 11.1 Å². The second-order valence-corrected chi connectivity index (χ2v) is 4.89. The Morgan fingerprint density at radius 1 is 0.947 bits per heavy atom. The van der Waals surface area contributed by atoms with Crippen LogP contribution in [0.3, 0.4) is 0 Å². The van der Waals surface area contributed by atoms with Crippen LogP contribution < -0.4 is 4.74 Å². The van der Waals surface area contributed by atoms with Crippen molar-refractivity contribution in [3.63, 3.8) is 0 Å². The summed E-state index contributed by atoms with van der Waals surface area (Å²) in [6, 6.07) is 14.4. The fraction of sp³-hybridized carbons (Fsp3) is 0.133.